The number of carbonyl (C=O) groups excluding carboxylic acids is 1. The van der Waals surface area contributed by atoms with Crippen LogP contribution in [-0.4, -0.2) is 18.7 Å². The zero-order chi connectivity index (χ0) is 10.7. The highest BCUT2D eigenvalue weighted by Crippen LogP contribution is 2.39. The highest BCUT2D eigenvalue weighted by atomic mass is 16.6. The summed E-state index contributed by atoms with van der Waals surface area (Å²) in [4.78, 5) is 11.4. The highest BCUT2D eigenvalue weighted by molar-refractivity contribution is 5.78. The average molecular weight is 204 g/mol. The summed E-state index contributed by atoms with van der Waals surface area (Å²) >= 11 is 0. The van der Waals surface area contributed by atoms with Crippen molar-refractivity contribution in [3.63, 3.8) is 0 Å². The number of ether oxygens (including phenoxy) is 2. The second kappa shape index (κ2) is 4.28. The molecule has 2 rings (SSSR count). The maximum absolute atomic E-state index is 11.4. The minimum Gasteiger partial charge on any atom is -0.459 e. The first-order valence-corrected chi connectivity index (χ1v) is 4.81. The van der Waals surface area contributed by atoms with Gasteiger partial charge in [-0.05, 0) is 5.56 Å². The van der Waals surface area contributed by atoms with Gasteiger partial charge in [0.15, 0.2) is 6.10 Å². The fourth-order valence-corrected chi connectivity index (χ4v) is 1.41. The standard InChI is InChI=1S/C12H12O3/c1-2-8-14-12(13)11-10(15-11)9-6-4-3-5-7-9/h2-7,10-11H,1,8H2/t10-,11+/m0/s1. The monoisotopic (exact) mass is 204 g/mol. The molecular formula is C12H12O3. The first kappa shape index (κ1) is 9.93. The van der Waals surface area contributed by atoms with Crippen molar-refractivity contribution in [3.8, 4) is 0 Å². The minimum atomic E-state index is -0.438. The summed E-state index contributed by atoms with van der Waals surface area (Å²) in [7, 11) is 0. The van der Waals surface area contributed by atoms with Crippen LogP contribution in [0.1, 0.15) is 11.7 Å². The topological polar surface area (TPSA) is 38.8 Å². The molecule has 15 heavy (non-hydrogen) atoms. The number of epoxide rings is 1. The average Bonchev–Trinajstić information content (AvgIpc) is 3.07. The molecule has 1 aliphatic rings. The third-order valence-electron chi connectivity index (χ3n) is 2.20. The molecule has 0 radical (unpaired) electrons. The molecule has 3 nitrogen and oxygen atoms in total. The molecule has 0 saturated carbocycles. The van der Waals surface area contributed by atoms with E-state index >= 15 is 0 Å². The lowest BCUT2D eigenvalue weighted by Gasteiger charge is -1.97. The van der Waals surface area contributed by atoms with Crippen molar-refractivity contribution in [1.29, 1.82) is 0 Å². The van der Waals surface area contributed by atoms with Crippen LogP contribution in [0.15, 0.2) is 43.0 Å². The molecule has 3 heteroatoms. The van der Waals surface area contributed by atoms with Gasteiger partial charge in [-0.15, -0.1) is 0 Å². The molecule has 1 fully saturated rings. The summed E-state index contributed by atoms with van der Waals surface area (Å²) in [6, 6.07) is 9.64. The van der Waals surface area contributed by atoms with E-state index in [0.29, 0.717) is 0 Å². The Kier molecular flexibility index (Phi) is 2.83. The molecule has 0 unspecified atom stereocenters. The quantitative estimate of drug-likeness (QED) is 0.427. The first-order valence-electron chi connectivity index (χ1n) is 4.81. The second-order valence-electron chi connectivity index (χ2n) is 3.31. The molecule has 78 valence electrons. The molecule has 1 heterocycles. The summed E-state index contributed by atoms with van der Waals surface area (Å²) in [6.07, 6.45) is 0.966. The van der Waals surface area contributed by atoms with Gasteiger partial charge in [0.2, 0.25) is 0 Å². The van der Waals surface area contributed by atoms with E-state index in [1.807, 2.05) is 30.3 Å². The number of rotatable bonds is 4. The third-order valence-corrected chi connectivity index (χ3v) is 2.20. The predicted octanol–water partition coefficient (Wildman–Crippen LogP) is 1.86. The van der Waals surface area contributed by atoms with Crippen molar-refractivity contribution in [2.24, 2.45) is 0 Å². The van der Waals surface area contributed by atoms with Gasteiger partial charge in [-0.3, -0.25) is 0 Å². The Hall–Kier alpha value is -1.61. The summed E-state index contributed by atoms with van der Waals surface area (Å²) in [5.74, 6) is -0.316. The van der Waals surface area contributed by atoms with Gasteiger partial charge < -0.3 is 9.47 Å². The van der Waals surface area contributed by atoms with Crippen LogP contribution in [0.4, 0.5) is 0 Å². The van der Waals surface area contributed by atoms with Crippen LogP contribution in [0, 0.1) is 0 Å². The Balaban J connectivity index is 1.91. The highest BCUT2D eigenvalue weighted by Gasteiger charge is 2.47. The van der Waals surface area contributed by atoms with Gasteiger partial charge >= 0.3 is 5.97 Å². The van der Waals surface area contributed by atoms with Crippen LogP contribution in [0.5, 0.6) is 0 Å². The predicted molar refractivity (Wildman–Crippen MR) is 55.2 cm³/mol. The Labute approximate surface area is 88.3 Å². The number of benzene rings is 1. The summed E-state index contributed by atoms with van der Waals surface area (Å²) in [5.41, 5.74) is 1.01. The van der Waals surface area contributed by atoms with E-state index in [-0.39, 0.29) is 18.7 Å². The van der Waals surface area contributed by atoms with Crippen molar-refractivity contribution in [3.05, 3.63) is 48.6 Å². The van der Waals surface area contributed by atoms with E-state index in [4.69, 9.17) is 9.47 Å². The van der Waals surface area contributed by atoms with E-state index in [1.165, 1.54) is 6.08 Å². The van der Waals surface area contributed by atoms with Crippen molar-refractivity contribution >= 4 is 5.97 Å². The molecule has 0 aromatic heterocycles. The van der Waals surface area contributed by atoms with Gasteiger partial charge in [-0.1, -0.05) is 43.0 Å². The van der Waals surface area contributed by atoms with E-state index in [0.717, 1.165) is 5.56 Å². The lowest BCUT2D eigenvalue weighted by atomic mass is 10.1. The van der Waals surface area contributed by atoms with Gasteiger partial charge in [0.1, 0.15) is 12.7 Å². The third kappa shape index (κ3) is 2.25. The Bertz CT molecular complexity index is 358. The summed E-state index contributed by atoms with van der Waals surface area (Å²) in [6.45, 7) is 3.71. The molecule has 0 bridgehead atoms. The zero-order valence-electron chi connectivity index (χ0n) is 8.26. The molecule has 0 N–H and O–H groups in total. The van der Waals surface area contributed by atoms with Gasteiger partial charge in [0, 0.05) is 0 Å². The molecule has 0 aliphatic carbocycles. The van der Waals surface area contributed by atoms with Crippen LogP contribution in [0.2, 0.25) is 0 Å². The molecule has 0 spiro atoms. The normalized spacial score (nSPS) is 23.2. The smallest absolute Gasteiger partial charge is 0.338 e. The molecule has 1 saturated heterocycles. The number of hydrogen-bond donors (Lipinski definition) is 0. The number of carbonyl (C=O) groups is 1. The fraction of sp³-hybridized carbons (Fsp3) is 0.250. The van der Waals surface area contributed by atoms with E-state index < -0.39 is 6.10 Å². The van der Waals surface area contributed by atoms with Crippen LogP contribution < -0.4 is 0 Å². The van der Waals surface area contributed by atoms with E-state index in [1.54, 1.807) is 0 Å². The maximum atomic E-state index is 11.4. The maximum Gasteiger partial charge on any atom is 0.338 e. The van der Waals surface area contributed by atoms with Crippen LogP contribution in [-0.2, 0) is 14.3 Å². The largest absolute Gasteiger partial charge is 0.459 e. The zero-order valence-corrected chi connectivity index (χ0v) is 8.26. The number of hydrogen-bond acceptors (Lipinski definition) is 3. The lowest BCUT2D eigenvalue weighted by Crippen LogP contribution is -2.12. The van der Waals surface area contributed by atoms with Crippen LogP contribution in [0.25, 0.3) is 0 Å². The van der Waals surface area contributed by atoms with Crippen molar-refractivity contribution in [1.82, 2.24) is 0 Å². The Morgan fingerprint density at radius 3 is 2.87 bits per heavy atom. The second-order valence-corrected chi connectivity index (χ2v) is 3.31. The molecule has 1 aromatic rings. The number of esters is 1. The Morgan fingerprint density at radius 2 is 2.20 bits per heavy atom. The van der Waals surface area contributed by atoms with Crippen LogP contribution in [0.3, 0.4) is 0 Å². The molecule has 0 amide bonds. The van der Waals surface area contributed by atoms with Crippen molar-refractivity contribution in [2.45, 2.75) is 12.2 Å². The Morgan fingerprint density at radius 1 is 1.47 bits per heavy atom. The minimum absolute atomic E-state index is 0.136. The first-order chi connectivity index (χ1) is 7.33. The van der Waals surface area contributed by atoms with Gasteiger partial charge in [-0.25, -0.2) is 4.79 Å². The van der Waals surface area contributed by atoms with Crippen molar-refractivity contribution < 1.29 is 14.3 Å². The van der Waals surface area contributed by atoms with Crippen LogP contribution >= 0.6 is 0 Å². The fourth-order valence-electron chi connectivity index (χ4n) is 1.41. The summed E-state index contributed by atoms with van der Waals surface area (Å²) < 4.78 is 10.1. The van der Waals surface area contributed by atoms with E-state index in [9.17, 15) is 4.79 Å². The molecule has 1 aliphatic heterocycles. The molecular weight excluding hydrogens is 192 g/mol. The SMILES string of the molecule is C=CCOC(=O)[C@@H]1O[C@H]1c1ccccc1. The molecule has 1 aromatic carbocycles. The van der Waals surface area contributed by atoms with Gasteiger partial charge in [-0.2, -0.15) is 0 Å². The molecule has 2 atom stereocenters. The lowest BCUT2D eigenvalue weighted by molar-refractivity contribution is -0.143. The van der Waals surface area contributed by atoms with Gasteiger partial charge in [0.05, 0.1) is 0 Å². The summed E-state index contributed by atoms with van der Waals surface area (Å²) in [5, 5.41) is 0. The van der Waals surface area contributed by atoms with Crippen molar-refractivity contribution in [2.75, 3.05) is 6.61 Å². The van der Waals surface area contributed by atoms with E-state index in [2.05, 4.69) is 6.58 Å². The van der Waals surface area contributed by atoms with Gasteiger partial charge in [0.25, 0.3) is 0 Å².